The summed E-state index contributed by atoms with van der Waals surface area (Å²) in [5.41, 5.74) is 2.40. The summed E-state index contributed by atoms with van der Waals surface area (Å²) in [5.74, 6) is 0.866. The van der Waals surface area contributed by atoms with Gasteiger partial charge < -0.3 is 10.1 Å². The second-order valence-corrected chi connectivity index (χ2v) is 6.93. The molecule has 0 saturated carbocycles. The topological polar surface area (TPSA) is 38.3 Å². The maximum absolute atomic E-state index is 12.8. The van der Waals surface area contributed by atoms with Gasteiger partial charge in [0.25, 0.3) is 0 Å². The lowest BCUT2D eigenvalue weighted by atomic mass is 10.2. The van der Waals surface area contributed by atoms with Gasteiger partial charge in [0.1, 0.15) is 11.6 Å². The van der Waals surface area contributed by atoms with E-state index in [0.29, 0.717) is 24.7 Å². The van der Waals surface area contributed by atoms with E-state index in [1.54, 1.807) is 23.9 Å². The minimum atomic E-state index is -0.270. The highest BCUT2D eigenvalue weighted by Crippen LogP contribution is 2.23. The number of thioether (sulfide) groups is 1. The van der Waals surface area contributed by atoms with Gasteiger partial charge in [-0.05, 0) is 62.6 Å². The van der Waals surface area contributed by atoms with Gasteiger partial charge in [0.2, 0.25) is 5.91 Å². The summed E-state index contributed by atoms with van der Waals surface area (Å²) in [7, 11) is 0. The molecule has 0 aliphatic carbocycles. The molecule has 1 amide bonds. The molecule has 2 aromatic rings. The Kier molecular flexibility index (Phi) is 7.79. The van der Waals surface area contributed by atoms with Gasteiger partial charge in [-0.15, -0.1) is 11.8 Å². The van der Waals surface area contributed by atoms with Crippen molar-refractivity contribution in [1.29, 1.82) is 0 Å². The Morgan fingerprint density at radius 1 is 1.12 bits per heavy atom. The third kappa shape index (κ3) is 7.18. The number of unbranched alkanes of at least 4 members (excludes halogenated alkanes) is 1. The highest BCUT2D eigenvalue weighted by molar-refractivity contribution is 8.00. The number of rotatable bonds is 9. The predicted octanol–water partition coefficient (Wildman–Crippen LogP) is 4.51. The average molecular weight is 361 g/mol. The third-order valence-electron chi connectivity index (χ3n) is 3.68. The van der Waals surface area contributed by atoms with E-state index in [4.69, 9.17) is 4.74 Å². The van der Waals surface area contributed by atoms with E-state index in [1.165, 1.54) is 23.3 Å². The van der Waals surface area contributed by atoms with Gasteiger partial charge in [-0.3, -0.25) is 4.79 Å². The Bertz CT molecular complexity index is 689. The molecule has 0 aliphatic rings. The number of aryl methyl sites for hydroxylation is 2. The fourth-order valence-corrected chi connectivity index (χ4v) is 3.19. The lowest BCUT2D eigenvalue weighted by molar-refractivity contribution is -0.118. The summed E-state index contributed by atoms with van der Waals surface area (Å²) in [6.07, 6.45) is 1.68. The van der Waals surface area contributed by atoms with Crippen molar-refractivity contribution in [2.75, 3.05) is 18.9 Å². The largest absolute Gasteiger partial charge is 0.494 e. The number of ether oxygens (including phenoxy) is 1. The van der Waals surface area contributed by atoms with Crippen molar-refractivity contribution < 1.29 is 13.9 Å². The zero-order chi connectivity index (χ0) is 18.1. The van der Waals surface area contributed by atoms with E-state index in [-0.39, 0.29) is 11.7 Å². The summed E-state index contributed by atoms with van der Waals surface area (Å²) in [6.45, 7) is 5.30. The van der Waals surface area contributed by atoms with E-state index in [1.807, 2.05) is 0 Å². The maximum Gasteiger partial charge on any atom is 0.230 e. The predicted molar refractivity (Wildman–Crippen MR) is 101 cm³/mol. The van der Waals surface area contributed by atoms with E-state index in [2.05, 4.69) is 37.4 Å². The van der Waals surface area contributed by atoms with Crippen LogP contribution in [0.15, 0.2) is 47.4 Å². The number of nitrogens with one attached hydrogen (secondary N) is 1. The lowest BCUT2D eigenvalue weighted by Crippen LogP contribution is -2.26. The van der Waals surface area contributed by atoms with Crippen molar-refractivity contribution in [3.63, 3.8) is 0 Å². The van der Waals surface area contributed by atoms with Crippen LogP contribution in [-0.2, 0) is 4.79 Å². The lowest BCUT2D eigenvalue weighted by Gasteiger charge is -2.08. The maximum atomic E-state index is 12.8. The molecular formula is C20H24FNO2S. The first-order valence-corrected chi connectivity index (χ1v) is 9.38. The van der Waals surface area contributed by atoms with Crippen molar-refractivity contribution >= 4 is 17.7 Å². The van der Waals surface area contributed by atoms with Gasteiger partial charge in [-0.1, -0.05) is 17.7 Å². The normalized spacial score (nSPS) is 10.5. The summed E-state index contributed by atoms with van der Waals surface area (Å²) in [5, 5.41) is 2.93. The highest BCUT2D eigenvalue weighted by Gasteiger charge is 2.05. The monoisotopic (exact) mass is 361 g/mol. The molecule has 0 radical (unpaired) electrons. The SMILES string of the molecule is Cc1ccc(C)c(SCC(=O)NCCCCOc2ccc(F)cc2)c1. The molecule has 0 heterocycles. The first-order chi connectivity index (χ1) is 12.0. The quantitative estimate of drug-likeness (QED) is 0.527. The van der Waals surface area contributed by atoms with Gasteiger partial charge in [-0.25, -0.2) is 4.39 Å². The summed E-state index contributed by atoms with van der Waals surface area (Å²) < 4.78 is 18.3. The molecule has 0 aromatic heterocycles. The minimum Gasteiger partial charge on any atom is -0.494 e. The van der Waals surface area contributed by atoms with Crippen LogP contribution in [0.2, 0.25) is 0 Å². The molecule has 134 valence electrons. The van der Waals surface area contributed by atoms with Gasteiger partial charge in [0.05, 0.1) is 12.4 Å². The number of carbonyl (C=O) groups is 1. The van der Waals surface area contributed by atoms with Crippen molar-refractivity contribution in [2.24, 2.45) is 0 Å². The number of carbonyl (C=O) groups excluding carboxylic acids is 1. The number of hydrogen-bond donors (Lipinski definition) is 1. The molecule has 0 fully saturated rings. The molecule has 1 N–H and O–H groups in total. The second kappa shape index (κ2) is 10.1. The number of benzene rings is 2. The smallest absolute Gasteiger partial charge is 0.230 e. The molecule has 0 spiro atoms. The number of amides is 1. The standard InChI is InChI=1S/C20H24FNO2S/c1-15-5-6-16(2)19(13-15)25-14-20(23)22-11-3-4-12-24-18-9-7-17(21)8-10-18/h5-10,13H,3-4,11-12,14H2,1-2H3,(H,22,23). The second-order valence-electron chi connectivity index (χ2n) is 5.92. The summed E-state index contributed by atoms with van der Waals surface area (Å²) in [4.78, 5) is 13.1. The van der Waals surface area contributed by atoms with Crippen LogP contribution in [0.5, 0.6) is 5.75 Å². The van der Waals surface area contributed by atoms with Crippen molar-refractivity contribution in [1.82, 2.24) is 5.32 Å². The molecule has 0 aliphatic heterocycles. The fraction of sp³-hybridized carbons (Fsp3) is 0.350. The Labute approximate surface area is 153 Å². The minimum absolute atomic E-state index is 0.0466. The molecule has 2 rings (SSSR count). The van der Waals surface area contributed by atoms with Crippen LogP contribution >= 0.6 is 11.8 Å². The van der Waals surface area contributed by atoms with E-state index in [0.717, 1.165) is 17.7 Å². The van der Waals surface area contributed by atoms with Crippen molar-refractivity contribution in [3.05, 3.63) is 59.4 Å². The average Bonchev–Trinajstić information content (AvgIpc) is 2.60. The number of hydrogen-bond acceptors (Lipinski definition) is 3. The molecule has 0 bridgehead atoms. The molecule has 0 unspecified atom stereocenters. The Morgan fingerprint density at radius 2 is 1.88 bits per heavy atom. The van der Waals surface area contributed by atoms with Crippen LogP contribution in [0.25, 0.3) is 0 Å². The molecule has 5 heteroatoms. The summed E-state index contributed by atoms with van der Waals surface area (Å²) in [6, 6.07) is 12.2. The van der Waals surface area contributed by atoms with Gasteiger partial charge in [0.15, 0.2) is 0 Å². The van der Waals surface area contributed by atoms with Crippen LogP contribution < -0.4 is 10.1 Å². The molecule has 3 nitrogen and oxygen atoms in total. The summed E-state index contributed by atoms with van der Waals surface area (Å²) >= 11 is 1.57. The first-order valence-electron chi connectivity index (χ1n) is 8.40. The van der Waals surface area contributed by atoms with Crippen LogP contribution in [0.3, 0.4) is 0 Å². The van der Waals surface area contributed by atoms with Crippen molar-refractivity contribution in [3.8, 4) is 5.75 Å². The van der Waals surface area contributed by atoms with E-state index < -0.39 is 0 Å². The molecule has 25 heavy (non-hydrogen) atoms. The fourth-order valence-electron chi connectivity index (χ4n) is 2.23. The van der Waals surface area contributed by atoms with Gasteiger partial charge in [0, 0.05) is 11.4 Å². The Balaban J connectivity index is 1.56. The van der Waals surface area contributed by atoms with Crippen molar-refractivity contribution in [2.45, 2.75) is 31.6 Å². The zero-order valence-corrected chi connectivity index (χ0v) is 15.5. The van der Waals surface area contributed by atoms with E-state index >= 15 is 0 Å². The molecular weight excluding hydrogens is 337 g/mol. The molecule has 0 atom stereocenters. The van der Waals surface area contributed by atoms with E-state index in [9.17, 15) is 9.18 Å². The Hall–Kier alpha value is -2.01. The highest BCUT2D eigenvalue weighted by atomic mass is 32.2. The van der Waals surface area contributed by atoms with Crippen LogP contribution in [-0.4, -0.2) is 24.8 Å². The third-order valence-corrected chi connectivity index (χ3v) is 4.84. The van der Waals surface area contributed by atoms with Gasteiger partial charge in [-0.2, -0.15) is 0 Å². The number of halogens is 1. The van der Waals surface area contributed by atoms with Crippen LogP contribution in [0.4, 0.5) is 4.39 Å². The zero-order valence-electron chi connectivity index (χ0n) is 14.7. The molecule has 2 aromatic carbocycles. The first kappa shape index (κ1) is 19.3. The van der Waals surface area contributed by atoms with Crippen LogP contribution in [0, 0.1) is 19.7 Å². The Morgan fingerprint density at radius 3 is 2.64 bits per heavy atom. The van der Waals surface area contributed by atoms with Crippen LogP contribution in [0.1, 0.15) is 24.0 Å². The molecule has 0 saturated heterocycles. The van der Waals surface area contributed by atoms with Gasteiger partial charge >= 0.3 is 0 Å².